The van der Waals surface area contributed by atoms with Gasteiger partial charge < -0.3 is 20.4 Å². The summed E-state index contributed by atoms with van der Waals surface area (Å²) in [7, 11) is 0. The minimum Gasteiger partial charge on any atom is -0.459 e. The molecule has 7 nitrogen and oxygen atoms in total. The van der Waals surface area contributed by atoms with E-state index in [4.69, 9.17) is 4.42 Å². The summed E-state index contributed by atoms with van der Waals surface area (Å²) in [5.74, 6) is -0.958. The van der Waals surface area contributed by atoms with E-state index >= 15 is 0 Å². The average molecular weight is 327 g/mol. The summed E-state index contributed by atoms with van der Waals surface area (Å²) >= 11 is 0. The van der Waals surface area contributed by atoms with Gasteiger partial charge in [-0.2, -0.15) is 0 Å². The molecular weight excluding hydrogens is 310 g/mol. The van der Waals surface area contributed by atoms with Crippen molar-refractivity contribution in [3.8, 4) is 0 Å². The van der Waals surface area contributed by atoms with Crippen LogP contribution in [0.4, 0.5) is 5.69 Å². The Balaban J connectivity index is 1.63. The van der Waals surface area contributed by atoms with E-state index in [9.17, 15) is 14.4 Å². The average Bonchev–Trinajstić information content (AvgIpc) is 3.21. The predicted molar refractivity (Wildman–Crippen MR) is 86.6 cm³/mol. The zero-order valence-electron chi connectivity index (χ0n) is 12.9. The Bertz CT molecular complexity index is 751. The molecule has 0 radical (unpaired) electrons. The molecule has 1 aliphatic rings. The molecule has 3 N–H and O–H groups in total. The maximum Gasteiger partial charge on any atom is 0.291 e. The van der Waals surface area contributed by atoms with Crippen LogP contribution < -0.4 is 16.0 Å². The van der Waals surface area contributed by atoms with Gasteiger partial charge >= 0.3 is 0 Å². The van der Waals surface area contributed by atoms with Crippen LogP contribution in [0.2, 0.25) is 0 Å². The van der Waals surface area contributed by atoms with Gasteiger partial charge in [0.25, 0.3) is 11.8 Å². The highest BCUT2D eigenvalue weighted by Crippen LogP contribution is 2.18. The molecule has 1 heterocycles. The number of carbonyl (C=O) groups is 3. The van der Waals surface area contributed by atoms with Crippen LogP contribution in [0.3, 0.4) is 0 Å². The minimum atomic E-state index is -0.452. The Labute approximate surface area is 138 Å². The number of benzene rings is 1. The topological polar surface area (TPSA) is 100 Å². The second-order valence-corrected chi connectivity index (χ2v) is 5.50. The van der Waals surface area contributed by atoms with Crippen molar-refractivity contribution in [3.05, 3.63) is 54.0 Å². The number of nitrogens with one attached hydrogen (secondary N) is 3. The zero-order chi connectivity index (χ0) is 16.9. The zero-order valence-corrected chi connectivity index (χ0v) is 12.9. The summed E-state index contributed by atoms with van der Waals surface area (Å²) in [6.07, 6.45) is 3.37. The van der Waals surface area contributed by atoms with Gasteiger partial charge in [0, 0.05) is 6.04 Å². The number of anilines is 1. The maximum absolute atomic E-state index is 12.3. The first-order valence-electron chi connectivity index (χ1n) is 7.65. The number of hydrogen-bond donors (Lipinski definition) is 3. The molecule has 0 spiro atoms. The summed E-state index contributed by atoms with van der Waals surface area (Å²) < 4.78 is 5.02. The number of carbonyl (C=O) groups excluding carboxylic acids is 3. The molecule has 3 amide bonds. The lowest BCUT2D eigenvalue weighted by atomic mass is 10.1. The third-order valence-corrected chi connectivity index (χ3v) is 3.52. The van der Waals surface area contributed by atoms with E-state index in [1.54, 1.807) is 30.3 Å². The number of para-hydroxylation sites is 1. The summed E-state index contributed by atoms with van der Waals surface area (Å²) in [4.78, 5) is 36.0. The van der Waals surface area contributed by atoms with Crippen LogP contribution in [0.1, 0.15) is 33.8 Å². The Morgan fingerprint density at radius 2 is 1.83 bits per heavy atom. The lowest BCUT2D eigenvalue weighted by Gasteiger charge is -2.11. The maximum atomic E-state index is 12.3. The van der Waals surface area contributed by atoms with E-state index in [0.717, 1.165) is 12.8 Å². The highest BCUT2D eigenvalue weighted by atomic mass is 16.3. The summed E-state index contributed by atoms with van der Waals surface area (Å²) in [5.41, 5.74) is 0.621. The molecule has 0 unspecified atom stereocenters. The van der Waals surface area contributed by atoms with E-state index in [-0.39, 0.29) is 29.8 Å². The molecule has 0 bridgehead atoms. The van der Waals surface area contributed by atoms with Gasteiger partial charge in [-0.05, 0) is 37.1 Å². The van der Waals surface area contributed by atoms with Gasteiger partial charge in [0.2, 0.25) is 5.91 Å². The molecule has 1 aliphatic carbocycles. The Morgan fingerprint density at radius 1 is 1.04 bits per heavy atom. The van der Waals surface area contributed by atoms with E-state index in [1.165, 1.54) is 12.3 Å². The van der Waals surface area contributed by atoms with E-state index in [2.05, 4.69) is 16.0 Å². The monoisotopic (exact) mass is 327 g/mol. The lowest BCUT2D eigenvalue weighted by Crippen LogP contribution is -2.38. The SMILES string of the molecule is O=C(CNC(=O)c1ccccc1NC(=O)c1ccco1)NC1CC1. The van der Waals surface area contributed by atoms with Crippen molar-refractivity contribution in [2.75, 3.05) is 11.9 Å². The standard InChI is InChI=1S/C17H17N3O4/c21-15(19-11-7-8-11)10-18-16(22)12-4-1-2-5-13(12)20-17(23)14-6-3-9-24-14/h1-6,9,11H,7-8,10H2,(H,18,22)(H,19,21)(H,20,23). The van der Waals surface area contributed by atoms with Crippen molar-refractivity contribution in [3.63, 3.8) is 0 Å². The fourth-order valence-electron chi connectivity index (χ4n) is 2.14. The fraction of sp³-hybridized carbons (Fsp3) is 0.235. The van der Waals surface area contributed by atoms with E-state index in [0.29, 0.717) is 5.69 Å². The molecule has 1 aromatic heterocycles. The molecule has 0 atom stereocenters. The molecule has 3 rings (SSSR count). The van der Waals surface area contributed by atoms with Crippen molar-refractivity contribution in [1.29, 1.82) is 0 Å². The summed E-state index contributed by atoms with van der Waals surface area (Å²) in [6, 6.07) is 9.95. The van der Waals surface area contributed by atoms with E-state index in [1.807, 2.05) is 0 Å². The predicted octanol–water partition coefficient (Wildman–Crippen LogP) is 1.54. The van der Waals surface area contributed by atoms with Crippen molar-refractivity contribution in [2.24, 2.45) is 0 Å². The van der Waals surface area contributed by atoms with Crippen LogP contribution in [0.15, 0.2) is 47.1 Å². The van der Waals surface area contributed by atoms with Crippen LogP contribution >= 0.6 is 0 Å². The molecular formula is C17H17N3O4. The first-order chi connectivity index (χ1) is 11.6. The van der Waals surface area contributed by atoms with Crippen LogP contribution in [-0.2, 0) is 4.79 Å². The van der Waals surface area contributed by atoms with Gasteiger partial charge in [-0.25, -0.2) is 0 Å². The highest BCUT2D eigenvalue weighted by Gasteiger charge is 2.23. The third-order valence-electron chi connectivity index (χ3n) is 3.52. The largest absolute Gasteiger partial charge is 0.459 e. The molecule has 1 aromatic carbocycles. The Hall–Kier alpha value is -3.09. The quantitative estimate of drug-likeness (QED) is 0.749. The molecule has 0 saturated heterocycles. The molecule has 124 valence electrons. The third kappa shape index (κ3) is 4.01. The molecule has 7 heteroatoms. The summed E-state index contributed by atoms with van der Waals surface area (Å²) in [6.45, 7) is -0.101. The minimum absolute atomic E-state index is 0.101. The lowest BCUT2D eigenvalue weighted by molar-refractivity contribution is -0.120. The van der Waals surface area contributed by atoms with Gasteiger partial charge in [0.05, 0.1) is 24.1 Å². The Morgan fingerprint density at radius 3 is 2.54 bits per heavy atom. The van der Waals surface area contributed by atoms with Crippen molar-refractivity contribution in [1.82, 2.24) is 10.6 Å². The number of furan rings is 1. The van der Waals surface area contributed by atoms with Crippen LogP contribution in [0.25, 0.3) is 0 Å². The van der Waals surface area contributed by atoms with Gasteiger partial charge in [0.1, 0.15) is 0 Å². The summed E-state index contributed by atoms with van der Waals surface area (Å²) in [5, 5.41) is 7.97. The van der Waals surface area contributed by atoms with Gasteiger partial charge in [-0.3, -0.25) is 14.4 Å². The van der Waals surface area contributed by atoms with E-state index < -0.39 is 11.8 Å². The van der Waals surface area contributed by atoms with Crippen molar-refractivity contribution < 1.29 is 18.8 Å². The first kappa shape index (κ1) is 15.8. The second-order valence-electron chi connectivity index (χ2n) is 5.50. The molecule has 1 saturated carbocycles. The van der Waals surface area contributed by atoms with Gasteiger partial charge in [-0.15, -0.1) is 0 Å². The van der Waals surface area contributed by atoms with Crippen molar-refractivity contribution in [2.45, 2.75) is 18.9 Å². The first-order valence-corrected chi connectivity index (χ1v) is 7.65. The Kier molecular flexibility index (Phi) is 4.60. The number of amides is 3. The van der Waals surface area contributed by atoms with Gasteiger partial charge in [-0.1, -0.05) is 12.1 Å². The van der Waals surface area contributed by atoms with Gasteiger partial charge in [0.15, 0.2) is 5.76 Å². The molecule has 1 fully saturated rings. The van der Waals surface area contributed by atoms with Crippen LogP contribution in [-0.4, -0.2) is 30.3 Å². The highest BCUT2D eigenvalue weighted by molar-refractivity contribution is 6.08. The number of rotatable bonds is 6. The number of hydrogen-bond acceptors (Lipinski definition) is 4. The molecule has 0 aliphatic heterocycles. The fourth-order valence-corrected chi connectivity index (χ4v) is 2.14. The van der Waals surface area contributed by atoms with Crippen LogP contribution in [0.5, 0.6) is 0 Å². The smallest absolute Gasteiger partial charge is 0.291 e. The van der Waals surface area contributed by atoms with Crippen LogP contribution in [0, 0.1) is 0 Å². The normalized spacial score (nSPS) is 13.2. The molecule has 2 aromatic rings. The second kappa shape index (κ2) is 6.99. The van der Waals surface area contributed by atoms with Crippen molar-refractivity contribution >= 4 is 23.4 Å². The molecule has 24 heavy (non-hydrogen) atoms.